The predicted octanol–water partition coefficient (Wildman–Crippen LogP) is 31.8. The Labute approximate surface area is 677 Å². The van der Waals surface area contributed by atoms with E-state index in [1.54, 1.807) is 0 Å². The first-order chi connectivity index (χ1) is 57.6. The van der Waals surface area contributed by atoms with Gasteiger partial charge < -0.3 is 19.6 Å². The fourth-order valence-electron chi connectivity index (χ4n) is 17.3. The van der Waals surface area contributed by atoms with Gasteiger partial charge in [-0.2, -0.15) is 0 Å². The summed E-state index contributed by atoms with van der Waals surface area (Å²) in [6.45, 7) is 0. The van der Waals surface area contributed by atoms with Crippen molar-refractivity contribution in [2.24, 2.45) is 0 Å². The highest BCUT2D eigenvalue weighted by molar-refractivity contribution is 6.33. The van der Waals surface area contributed by atoms with Gasteiger partial charge in [-0.1, -0.05) is 315 Å². The lowest BCUT2D eigenvalue weighted by Crippen LogP contribution is -2.09. The Morgan fingerprint density at radius 3 is 0.405 bits per heavy atom. The van der Waals surface area contributed by atoms with Crippen LogP contribution in [0.15, 0.2) is 473 Å². The molecule has 0 spiro atoms. The van der Waals surface area contributed by atoms with Crippen LogP contribution >= 0.6 is 0 Å². The molecule has 0 unspecified atom stereocenters. The summed E-state index contributed by atoms with van der Waals surface area (Å²) in [6, 6.07) is 173. The van der Waals surface area contributed by atoms with E-state index >= 15 is 0 Å². The molecule has 0 radical (unpaired) electrons. The number of benzene rings is 20. The van der Waals surface area contributed by atoms with E-state index in [0.29, 0.717) is 0 Å². The van der Waals surface area contributed by atoms with Gasteiger partial charge in [-0.3, -0.25) is 0 Å². The number of hydrogen-bond acceptors (Lipinski definition) is 4. The molecular formula is C112H78N4. The first-order valence-electron chi connectivity index (χ1n) is 39.8. The Bertz CT molecular complexity index is 5830. The maximum atomic E-state index is 2.51. The van der Waals surface area contributed by atoms with Gasteiger partial charge in [0.15, 0.2) is 0 Å². The van der Waals surface area contributed by atoms with Crippen molar-refractivity contribution in [2.45, 2.75) is 0 Å². The summed E-state index contributed by atoms with van der Waals surface area (Å²) < 4.78 is 0. The lowest BCUT2D eigenvalue weighted by molar-refractivity contribution is 1.28. The average Bonchev–Trinajstić information content (AvgIpc) is 0.701. The fraction of sp³-hybridized carbons (Fsp3) is 0. The molecule has 116 heavy (non-hydrogen) atoms. The molecule has 0 bridgehead atoms. The highest BCUT2D eigenvalue weighted by Gasteiger charge is 2.27. The quantitative estimate of drug-likeness (QED) is 0.0705. The zero-order chi connectivity index (χ0) is 77.1. The molecule has 20 aromatic carbocycles. The smallest absolute Gasteiger partial charge is 0.0462 e. The van der Waals surface area contributed by atoms with Crippen LogP contribution in [0.5, 0.6) is 0 Å². The molecule has 0 aliphatic rings. The molecule has 546 valence electrons. The van der Waals surface area contributed by atoms with Crippen molar-refractivity contribution in [3.8, 4) is 89.0 Å². The normalized spacial score (nSPS) is 11.3. The minimum absolute atomic E-state index is 1.07. The second-order valence-corrected chi connectivity index (χ2v) is 29.4. The predicted molar refractivity (Wildman–Crippen MR) is 492 cm³/mol. The fourth-order valence-corrected chi connectivity index (χ4v) is 17.3. The molecular weight excluding hydrogens is 1400 g/mol. The van der Waals surface area contributed by atoms with Crippen molar-refractivity contribution < 1.29 is 0 Å². The number of para-hydroxylation sites is 8. The van der Waals surface area contributed by atoms with Crippen molar-refractivity contribution >= 4 is 101 Å². The van der Waals surface area contributed by atoms with Gasteiger partial charge in [0.1, 0.15) is 0 Å². The van der Waals surface area contributed by atoms with Crippen LogP contribution < -0.4 is 19.6 Å². The van der Waals surface area contributed by atoms with E-state index in [9.17, 15) is 0 Å². The average molecular weight is 1480 g/mol. The van der Waals surface area contributed by atoms with E-state index in [-0.39, 0.29) is 0 Å². The summed E-state index contributed by atoms with van der Waals surface area (Å²) in [6.07, 6.45) is 0. The number of nitrogens with zero attached hydrogens (tertiary/aromatic N) is 4. The molecule has 20 rings (SSSR count). The zero-order valence-electron chi connectivity index (χ0n) is 63.8. The van der Waals surface area contributed by atoms with Crippen LogP contribution in [0.1, 0.15) is 0 Å². The highest BCUT2D eigenvalue weighted by Crippen LogP contribution is 2.54. The summed E-state index contributed by atoms with van der Waals surface area (Å²) in [4.78, 5) is 9.33. The molecule has 0 aromatic heterocycles. The Balaban J connectivity index is 0.818. The van der Waals surface area contributed by atoms with Crippen LogP contribution in [0.3, 0.4) is 0 Å². The second kappa shape index (κ2) is 31.1. The molecule has 0 aliphatic carbocycles. The van der Waals surface area contributed by atoms with Gasteiger partial charge in [0.05, 0.1) is 0 Å². The van der Waals surface area contributed by atoms with Gasteiger partial charge >= 0.3 is 0 Å². The van der Waals surface area contributed by atoms with Crippen LogP contribution in [0.2, 0.25) is 0 Å². The van der Waals surface area contributed by atoms with Crippen LogP contribution in [0.4, 0.5) is 68.2 Å². The molecule has 0 atom stereocenters. The first-order valence-corrected chi connectivity index (χ1v) is 39.8. The lowest BCUT2D eigenvalue weighted by Gasteiger charge is -2.26. The van der Waals surface area contributed by atoms with E-state index < -0.39 is 0 Å². The second-order valence-electron chi connectivity index (χ2n) is 29.4. The van der Waals surface area contributed by atoms with Crippen molar-refractivity contribution in [1.82, 2.24) is 0 Å². The van der Waals surface area contributed by atoms with Crippen LogP contribution in [0.25, 0.3) is 121 Å². The van der Waals surface area contributed by atoms with E-state index in [0.717, 1.165) is 157 Å². The van der Waals surface area contributed by atoms with Gasteiger partial charge in [-0.15, -0.1) is 0 Å². The largest absolute Gasteiger partial charge is 0.311 e. The van der Waals surface area contributed by atoms with Crippen molar-refractivity contribution in [3.63, 3.8) is 0 Å². The summed E-state index contributed by atoms with van der Waals surface area (Å²) in [7, 11) is 0. The Morgan fingerprint density at radius 2 is 0.241 bits per heavy atom. The Morgan fingerprint density at radius 1 is 0.103 bits per heavy atom. The SMILES string of the molecule is c1ccc(N(c2ccccc2)c2ccc(-c3ccccc3-c3cc(-c4ccccc4-c4ccc(N(c5ccccc5)c5ccccc5)cc4)c4ccc5c(-c6ccccc6-c6ccc(N(c7ccccc7)c7ccccc7)cc6)cc(-c6ccccc6-c6ccc(N(c7ccccc7)c7ccccc7)cc6)c6ccc3c4c65)cc2)cc1. The van der Waals surface area contributed by atoms with Gasteiger partial charge in [0.25, 0.3) is 0 Å². The number of rotatable bonds is 20. The topological polar surface area (TPSA) is 13.0 Å². The standard InChI is InChI=1S/C112H78N4/c1-9-33-83(34-10-1)113(84-35-11-2-12-36-84)91-65-57-79(58-66-91)95-49-25-29-53-99(95)107-77-108(100-54-30-26-50-96(100)80-59-67-92(68-60-80)114(85-37-13-3-14-38-85)86-39-15-4-16-40-86)104-75-76-106-110(102-56-32-28-52-98(102)82-63-71-94(72-64-82)116(89-45-21-7-22-46-89)90-47-23-8-24-48-90)78-109(105-74-73-103(107)111(104)112(105)106)101-55-31-27-51-97(101)81-61-69-93(70-62-81)115(87-41-17-5-18-42-87)88-43-19-6-20-44-88/h1-78H. The number of anilines is 12. The minimum Gasteiger partial charge on any atom is -0.311 e. The third-order valence-electron chi connectivity index (χ3n) is 22.6. The molecule has 0 saturated carbocycles. The van der Waals surface area contributed by atoms with Crippen molar-refractivity contribution in [2.75, 3.05) is 19.6 Å². The Hall–Kier alpha value is -15.4. The number of hydrogen-bond donors (Lipinski definition) is 0. The van der Waals surface area contributed by atoms with Gasteiger partial charge in [-0.25, -0.2) is 0 Å². The molecule has 4 heteroatoms. The maximum absolute atomic E-state index is 2.51. The van der Waals surface area contributed by atoms with Gasteiger partial charge in [-0.05, 0) is 279 Å². The van der Waals surface area contributed by atoms with Crippen molar-refractivity contribution in [3.05, 3.63) is 473 Å². The molecule has 0 saturated heterocycles. The molecule has 20 aromatic rings. The molecule has 0 N–H and O–H groups in total. The third kappa shape index (κ3) is 13.2. The van der Waals surface area contributed by atoms with E-state index in [1.165, 1.54) is 32.3 Å². The first kappa shape index (κ1) is 69.8. The van der Waals surface area contributed by atoms with Crippen LogP contribution in [-0.2, 0) is 0 Å². The summed E-state index contributed by atoms with van der Waals surface area (Å²) in [5.41, 5.74) is 31.3. The van der Waals surface area contributed by atoms with E-state index in [2.05, 4.69) is 493 Å². The lowest BCUT2D eigenvalue weighted by atomic mass is 9.79. The monoisotopic (exact) mass is 1480 g/mol. The molecule has 0 fully saturated rings. The summed E-state index contributed by atoms with van der Waals surface area (Å²) in [5, 5.41) is 7.11. The molecule has 0 aliphatic heterocycles. The Kier molecular flexibility index (Phi) is 18.7. The molecule has 4 nitrogen and oxygen atoms in total. The van der Waals surface area contributed by atoms with Crippen LogP contribution in [0, 0.1) is 0 Å². The van der Waals surface area contributed by atoms with Gasteiger partial charge in [0, 0.05) is 68.2 Å². The zero-order valence-corrected chi connectivity index (χ0v) is 63.8. The van der Waals surface area contributed by atoms with Gasteiger partial charge in [0.2, 0.25) is 0 Å². The summed E-state index contributed by atoms with van der Waals surface area (Å²) >= 11 is 0. The van der Waals surface area contributed by atoms with E-state index in [1.807, 2.05) is 0 Å². The molecule has 0 heterocycles. The van der Waals surface area contributed by atoms with Crippen molar-refractivity contribution in [1.29, 1.82) is 0 Å². The minimum atomic E-state index is 1.07. The maximum Gasteiger partial charge on any atom is 0.0462 e. The molecule has 0 amide bonds. The third-order valence-corrected chi connectivity index (χ3v) is 22.6. The summed E-state index contributed by atoms with van der Waals surface area (Å²) in [5.74, 6) is 0. The van der Waals surface area contributed by atoms with E-state index in [4.69, 9.17) is 0 Å². The highest BCUT2D eigenvalue weighted by atomic mass is 15.2. The van der Waals surface area contributed by atoms with Crippen LogP contribution in [-0.4, -0.2) is 0 Å².